The molecule has 0 aliphatic rings. The van der Waals surface area contributed by atoms with Crippen molar-refractivity contribution in [2.75, 3.05) is 0 Å². The third-order valence-corrected chi connectivity index (χ3v) is 2.39. The van der Waals surface area contributed by atoms with Crippen LogP contribution in [0.25, 0.3) is 5.57 Å². The van der Waals surface area contributed by atoms with Crippen molar-refractivity contribution in [3.8, 4) is 0 Å². The molecule has 0 amide bonds. The Hall–Kier alpha value is -1.63. The molecule has 0 N–H and O–H groups in total. The van der Waals surface area contributed by atoms with Gasteiger partial charge in [-0.1, -0.05) is 49.1 Å². The smallest absolute Gasteiger partial charge is 0.141 e. The molecule has 0 fully saturated rings. The molecule has 0 radical (unpaired) electrons. The number of benzene rings is 1. The number of allylic oxidation sites excluding steroid dienone is 2. The van der Waals surface area contributed by atoms with Gasteiger partial charge >= 0.3 is 0 Å². The largest absolute Gasteiger partial charge is 0.299 e. The van der Waals surface area contributed by atoms with Gasteiger partial charge in [0.25, 0.3) is 0 Å². The Kier molecular flexibility index (Phi) is 3.62. The maximum atomic E-state index is 11.5. The van der Waals surface area contributed by atoms with Gasteiger partial charge in [-0.3, -0.25) is 4.79 Å². The molecule has 78 valence electrons. The van der Waals surface area contributed by atoms with Gasteiger partial charge in [-0.2, -0.15) is 0 Å². The van der Waals surface area contributed by atoms with Crippen LogP contribution in [0.2, 0.25) is 0 Å². The number of carbonyl (C=O) groups is 1. The van der Waals surface area contributed by atoms with Crippen molar-refractivity contribution in [2.45, 2.75) is 13.8 Å². The molecule has 1 aromatic rings. The lowest BCUT2D eigenvalue weighted by Crippen LogP contribution is -2.13. The number of hydrogen-bond acceptors (Lipinski definition) is 1. The number of carbonyl (C=O) groups excluding carboxylic acids is 1. The molecule has 0 saturated carbocycles. The Morgan fingerprint density at radius 3 is 2.07 bits per heavy atom. The van der Waals surface area contributed by atoms with Gasteiger partial charge in [0.1, 0.15) is 5.78 Å². The van der Waals surface area contributed by atoms with E-state index >= 15 is 0 Å². The molecule has 1 aromatic carbocycles. The number of ketones is 1. The SMILES string of the molecule is C=C(C)C(C(=C)c1ccccc1)C(C)=O. The Morgan fingerprint density at radius 1 is 1.13 bits per heavy atom. The summed E-state index contributed by atoms with van der Waals surface area (Å²) in [7, 11) is 0. The van der Waals surface area contributed by atoms with E-state index in [2.05, 4.69) is 13.2 Å². The van der Waals surface area contributed by atoms with E-state index in [9.17, 15) is 4.79 Å². The van der Waals surface area contributed by atoms with Crippen molar-refractivity contribution in [2.24, 2.45) is 5.92 Å². The molecule has 1 heteroatoms. The first-order valence-corrected chi connectivity index (χ1v) is 4.94. The van der Waals surface area contributed by atoms with E-state index in [1.807, 2.05) is 37.3 Å². The van der Waals surface area contributed by atoms with Crippen LogP contribution in [0.1, 0.15) is 19.4 Å². The lowest BCUT2D eigenvalue weighted by molar-refractivity contribution is -0.118. The molecule has 0 saturated heterocycles. The van der Waals surface area contributed by atoms with Gasteiger partial charge in [-0.05, 0) is 25.0 Å². The molecule has 0 heterocycles. The van der Waals surface area contributed by atoms with Gasteiger partial charge in [-0.15, -0.1) is 0 Å². The van der Waals surface area contributed by atoms with Crippen molar-refractivity contribution < 1.29 is 4.79 Å². The topological polar surface area (TPSA) is 17.1 Å². The summed E-state index contributed by atoms with van der Waals surface area (Å²) >= 11 is 0. The van der Waals surface area contributed by atoms with Gasteiger partial charge in [-0.25, -0.2) is 0 Å². The highest BCUT2D eigenvalue weighted by molar-refractivity contribution is 5.93. The summed E-state index contributed by atoms with van der Waals surface area (Å²) in [5.41, 5.74) is 2.67. The lowest BCUT2D eigenvalue weighted by atomic mass is 9.86. The maximum Gasteiger partial charge on any atom is 0.141 e. The quantitative estimate of drug-likeness (QED) is 0.680. The lowest BCUT2D eigenvalue weighted by Gasteiger charge is -2.16. The van der Waals surface area contributed by atoms with Gasteiger partial charge in [0.2, 0.25) is 0 Å². The highest BCUT2D eigenvalue weighted by atomic mass is 16.1. The molecular weight excluding hydrogens is 184 g/mol. The van der Waals surface area contributed by atoms with Crippen LogP contribution in [0.4, 0.5) is 0 Å². The molecule has 0 aliphatic heterocycles. The van der Waals surface area contributed by atoms with Crippen LogP contribution in [-0.4, -0.2) is 5.78 Å². The van der Waals surface area contributed by atoms with E-state index in [-0.39, 0.29) is 11.7 Å². The second-order valence-corrected chi connectivity index (χ2v) is 3.78. The van der Waals surface area contributed by atoms with Gasteiger partial charge in [0, 0.05) is 0 Å². The number of rotatable bonds is 4. The second kappa shape index (κ2) is 4.74. The summed E-state index contributed by atoms with van der Waals surface area (Å²) < 4.78 is 0. The van der Waals surface area contributed by atoms with E-state index in [0.29, 0.717) is 0 Å². The Morgan fingerprint density at radius 2 is 1.67 bits per heavy atom. The zero-order valence-corrected chi connectivity index (χ0v) is 9.29. The highest BCUT2D eigenvalue weighted by Gasteiger charge is 2.19. The van der Waals surface area contributed by atoms with Crippen LogP contribution >= 0.6 is 0 Å². The first-order chi connectivity index (χ1) is 7.04. The average molecular weight is 200 g/mol. The predicted octanol–water partition coefficient (Wildman–Crippen LogP) is 3.48. The molecule has 1 unspecified atom stereocenters. The van der Waals surface area contributed by atoms with Crippen molar-refractivity contribution >= 4 is 11.4 Å². The fourth-order valence-electron chi connectivity index (χ4n) is 1.71. The summed E-state index contributed by atoms with van der Waals surface area (Å²) in [5.74, 6) is -0.163. The molecule has 15 heavy (non-hydrogen) atoms. The molecule has 0 aliphatic carbocycles. The van der Waals surface area contributed by atoms with Crippen LogP contribution in [-0.2, 0) is 4.79 Å². The van der Waals surface area contributed by atoms with E-state index in [4.69, 9.17) is 0 Å². The second-order valence-electron chi connectivity index (χ2n) is 3.78. The minimum atomic E-state index is -0.257. The first-order valence-electron chi connectivity index (χ1n) is 4.94. The van der Waals surface area contributed by atoms with E-state index in [0.717, 1.165) is 16.7 Å². The van der Waals surface area contributed by atoms with Crippen LogP contribution < -0.4 is 0 Å². The zero-order valence-electron chi connectivity index (χ0n) is 9.29. The normalized spacial score (nSPS) is 11.9. The number of hydrogen-bond donors (Lipinski definition) is 0. The van der Waals surface area contributed by atoms with Crippen LogP contribution in [0.3, 0.4) is 0 Å². The molecule has 1 nitrogen and oxygen atoms in total. The van der Waals surface area contributed by atoms with E-state index in [1.165, 1.54) is 0 Å². The van der Waals surface area contributed by atoms with Crippen molar-refractivity contribution in [1.82, 2.24) is 0 Å². The third-order valence-electron chi connectivity index (χ3n) is 2.39. The van der Waals surface area contributed by atoms with Crippen molar-refractivity contribution in [3.63, 3.8) is 0 Å². The summed E-state index contributed by atoms with van der Waals surface area (Å²) in [6.45, 7) is 11.3. The predicted molar refractivity (Wildman–Crippen MR) is 64.5 cm³/mol. The summed E-state index contributed by atoms with van der Waals surface area (Å²) in [5, 5.41) is 0. The Bertz CT molecular complexity index is 373. The summed E-state index contributed by atoms with van der Waals surface area (Å²) in [4.78, 5) is 11.5. The average Bonchev–Trinajstić information content (AvgIpc) is 2.18. The third kappa shape index (κ3) is 2.66. The molecule has 0 spiro atoms. The highest BCUT2D eigenvalue weighted by Crippen LogP contribution is 2.27. The Balaban J connectivity index is 3.02. The van der Waals surface area contributed by atoms with Crippen molar-refractivity contribution in [3.05, 3.63) is 54.6 Å². The van der Waals surface area contributed by atoms with Gasteiger partial charge < -0.3 is 0 Å². The Labute approximate surface area is 91.1 Å². The number of Topliss-reactive ketones (excluding diaryl/α,β-unsaturated/α-hetero) is 1. The fourth-order valence-corrected chi connectivity index (χ4v) is 1.71. The first kappa shape index (κ1) is 11.4. The molecule has 0 bridgehead atoms. The maximum absolute atomic E-state index is 11.5. The van der Waals surface area contributed by atoms with Crippen LogP contribution in [0.5, 0.6) is 0 Å². The molecule has 1 atom stereocenters. The standard InChI is InChI=1S/C14H16O/c1-10(2)14(12(4)15)11(3)13-8-6-5-7-9-13/h5-9,14H,1,3H2,2,4H3. The molecule has 1 rings (SSSR count). The van der Waals surface area contributed by atoms with Gasteiger partial charge in [0.05, 0.1) is 5.92 Å². The minimum absolute atomic E-state index is 0.0938. The molecular formula is C14H16O. The summed E-state index contributed by atoms with van der Waals surface area (Å²) in [6.07, 6.45) is 0. The molecule has 0 aromatic heterocycles. The monoisotopic (exact) mass is 200 g/mol. The van der Waals surface area contributed by atoms with E-state index in [1.54, 1.807) is 6.92 Å². The van der Waals surface area contributed by atoms with E-state index < -0.39 is 0 Å². The van der Waals surface area contributed by atoms with Crippen molar-refractivity contribution in [1.29, 1.82) is 0 Å². The minimum Gasteiger partial charge on any atom is -0.299 e. The summed E-state index contributed by atoms with van der Waals surface area (Å²) in [6, 6.07) is 9.75. The fraction of sp³-hybridized carbons (Fsp3) is 0.214. The van der Waals surface area contributed by atoms with Crippen LogP contribution in [0, 0.1) is 5.92 Å². The van der Waals surface area contributed by atoms with Gasteiger partial charge in [0.15, 0.2) is 0 Å². The van der Waals surface area contributed by atoms with Crippen LogP contribution in [0.15, 0.2) is 49.1 Å². The zero-order chi connectivity index (χ0) is 11.4.